The number of thiophene rings is 1. The third-order valence-electron chi connectivity index (χ3n) is 4.89. The van der Waals surface area contributed by atoms with E-state index in [0.717, 1.165) is 16.9 Å². The smallest absolute Gasteiger partial charge is 0.249 e. The lowest BCUT2D eigenvalue weighted by Gasteiger charge is -2.29. The van der Waals surface area contributed by atoms with Crippen LogP contribution in [0.1, 0.15) is 35.6 Å². The normalized spacial score (nSPS) is 11.9. The van der Waals surface area contributed by atoms with Crippen LogP contribution in [-0.2, 0) is 27.4 Å². The lowest BCUT2D eigenvalue weighted by atomic mass is 10.1. The Labute approximate surface area is 178 Å². The van der Waals surface area contributed by atoms with Gasteiger partial charge in [0.2, 0.25) is 11.8 Å². The molecular formula is C23H32N2O3S. The van der Waals surface area contributed by atoms with E-state index in [2.05, 4.69) is 32.9 Å². The van der Waals surface area contributed by atoms with E-state index >= 15 is 0 Å². The van der Waals surface area contributed by atoms with Crippen LogP contribution in [0, 0.1) is 12.8 Å². The fourth-order valence-corrected chi connectivity index (χ4v) is 3.94. The van der Waals surface area contributed by atoms with Crippen LogP contribution >= 0.6 is 11.3 Å². The summed E-state index contributed by atoms with van der Waals surface area (Å²) in [5.41, 5.74) is 1.07. The Morgan fingerprint density at radius 1 is 1.03 bits per heavy atom. The molecule has 2 rings (SSSR count). The van der Waals surface area contributed by atoms with Gasteiger partial charge in [0.05, 0.1) is 13.1 Å². The summed E-state index contributed by atoms with van der Waals surface area (Å²) in [5.74, 6) is 0.131. The van der Waals surface area contributed by atoms with Crippen molar-refractivity contribution in [3.63, 3.8) is 0 Å². The minimum atomic E-state index is -0.146. The monoisotopic (exact) mass is 416 g/mol. The molecule has 0 aliphatic heterocycles. The summed E-state index contributed by atoms with van der Waals surface area (Å²) >= 11 is 1.70. The first kappa shape index (κ1) is 23.1. The molecule has 158 valence electrons. The van der Waals surface area contributed by atoms with Crippen molar-refractivity contribution in [2.24, 2.45) is 5.92 Å². The van der Waals surface area contributed by atoms with Gasteiger partial charge in [0, 0.05) is 30.0 Å². The molecule has 0 aliphatic rings. The lowest BCUT2D eigenvalue weighted by Crippen LogP contribution is -2.45. The van der Waals surface area contributed by atoms with Crippen LogP contribution in [0.2, 0.25) is 0 Å². The highest BCUT2D eigenvalue weighted by Gasteiger charge is 2.23. The molecular weight excluding hydrogens is 384 g/mol. The molecule has 5 nitrogen and oxygen atoms in total. The molecule has 0 unspecified atom stereocenters. The van der Waals surface area contributed by atoms with E-state index in [9.17, 15) is 9.59 Å². The second-order valence-electron chi connectivity index (χ2n) is 7.47. The first-order chi connectivity index (χ1) is 13.9. The number of hydrogen-bond donors (Lipinski definition) is 0. The number of carbonyl (C=O) groups is 2. The first-order valence-corrected chi connectivity index (χ1v) is 10.9. The van der Waals surface area contributed by atoms with Crippen molar-refractivity contribution < 1.29 is 14.3 Å². The van der Waals surface area contributed by atoms with Crippen molar-refractivity contribution in [3.05, 3.63) is 57.8 Å². The molecule has 0 saturated carbocycles. The molecule has 1 heterocycles. The minimum Gasteiger partial charge on any atom is -0.375 e. The van der Waals surface area contributed by atoms with Gasteiger partial charge in [-0.1, -0.05) is 50.6 Å². The van der Waals surface area contributed by atoms with E-state index in [1.54, 1.807) is 16.2 Å². The Morgan fingerprint density at radius 3 is 2.34 bits per heavy atom. The molecule has 1 atom stereocenters. The van der Waals surface area contributed by atoms with Crippen molar-refractivity contribution in [1.29, 1.82) is 0 Å². The van der Waals surface area contributed by atoms with Gasteiger partial charge >= 0.3 is 0 Å². The van der Waals surface area contributed by atoms with Crippen molar-refractivity contribution in [2.75, 3.05) is 26.8 Å². The predicted octanol–water partition coefficient (Wildman–Crippen LogP) is 4.11. The van der Waals surface area contributed by atoms with Crippen LogP contribution in [0.4, 0.5) is 0 Å². The average molecular weight is 417 g/mol. The van der Waals surface area contributed by atoms with Crippen molar-refractivity contribution >= 4 is 23.2 Å². The average Bonchev–Trinajstić information content (AvgIpc) is 3.12. The van der Waals surface area contributed by atoms with E-state index in [0.29, 0.717) is 25.6 Å². The van der Waals surface area contributed by atoms with Crippen molar-refractivity contribution in [1.82, 2.24) is 9.80 Å². The van der Waals surface area contributed by atoms with Crippen molar-refractivity contribution in [2.45, 2.75) is 40.3 Å². The SMILES string of the molecule is CC[C@H](C)CN(CC(=O)N(Cc1ccccc1)Cc1ccc(C)s1)C(=O)COC. The lowest BCUT2D eigenvalue weighted by molar-refractivity contribution is -0.143. The van der Waals surface area contributed by atoms with Crippen LogP contribution in [0.5, 0.6) is 0 Å². The zero-order chi connectivity index (χ0) is 21.2. The zero-order valence-electron chi connectivity index (χ0n) is 17.9. The summed E-state index contributed by atoms with van der Waals surface area (Å²) in [6, 6.07) is 14.1. The fourth-order valence-electron chi connectivity index (χ4n) is 3.03. The summed E-state index contributed by atoms with van der Waals surface area (Å²) in [6.07, 6.45) is 0.952. The number of hydrogen-bond acceptors (Lipinski definition) is 4. The molecule has 2 aromatic rings. The maximum Gasteiger partial charge on any atom is 0.249 e. The van der Waals surface area contributed by atoms with E-state index in [1.807, 2.05) is 35.2 Å². The molecule has 0 bridgehead atoms. The van der Waals surface area contributed by atoms with Gasteiger partial charge < -0.3 is 14.5 Å². The van der Waals surface area contributed by atoms with Crippen molar-refractivity contribution in [3.8, 4) is 0 Å². The molecule has 0 radical (unpaired) electrons. The third-order valence-corrected chi connectivity index (χ3v) is 5.87. The summed E-state index contributed by atoms with van der Waals surface area (Å²) < 4.78 is 5.02. The molecule has 1 aromatic carbocycles. The third kappa shape index (κ3) is 7.63. The van der Waals surface area contributed by atoms with Gasteiger partial charge in [-0.2, -0.15) is 0 Å². The summed E-state index contributed by atoms with van der Waals surface area (Å²) in [5, 5.41) is 0. The Morgan fingerprint density at radius 2 is 1.76 bits per heavy atom. The quantitative estimate of drug-likeness (QED) is 0.554. The molecule has 0 aliphatic carbocycles. The standard InChI is InChI=1S/C23H32N2O3S/c1-5-18(2)13-24(23(27)17-28-4)16-22(26)25(14-20-9-7-6-8-10-20)15-21-12-11-19(3)29-21/h6-12,18H,5,13-17H2,1-4H3/t18-/m0/s1. The van der Waals surface area contributed by atoms with E-state index in [1.165, 1.54) is 12.0 Å². The molecule has 1 aromatic heterocycles. The largest absolute Gasteiger partial charge is 0.375 e. The van der Waals surface area contributed by atoms with Crippen LogP contribution in [0.15, 0.2) is 42.5 Å². The van der Waals surface area contributed by atoms with Gasteiger partial charge in [-0.25, -0.2) is 0 Å². The number of aryl methyl sites for hydroxylation is 1. The molecule has 0 fully saturated rings. The van der Waals surface area contributed by atoms with Crippen LogP contribution < -0.4 is 0 Å². The number of methoxy groups -OCH3 is 1. The molecule has 0 N–H and O–H groups in total. The van der Waals surface area contributed by atoms with Gasteiger partial charge in [0.15, 0.2) is 0 Å². The van der Waals surface area contributed by atoms with Gasteiger partial charge in [-0.3, -0.25) is 9.59 Å². The van der Waals surface area contributed by atoms with Gasteiger partial charge in [0.25, 0.3) is 0 Å². The maximum atomic E-state index is 13.2. The Hall–Kier alpha value is -2.18. The highest BCUT2D eigenvalue weighted by atomic mass is 32.1. The number of ether oxygens (including phenoxy) is 1. The maximum absolute atomic E-state index is 13.2. The number of nitrogens with zero attached hydrogens (tertiary/aromatic N) is 2. The highest BCUT2D eigenvalue weighted by Crippen LogP contribution is 2.19. The summed E-state index contributed by atoms with van der Waals surface area (Å²) in [6.45, 7) is 7.93. The summed E-state index contributed by atoms with van der Waals surface area (Å²) in [4.78, 5) is 31.6. The second kappa shape index (κ2) is 11.7. The fraction of sp³-hybridized carbons (Fsp3) is 0.478. The van der Waals surface area contributed by atoms with Crippen LogP contribution in [0.25, 0.3) is 0 Å². The van der Waals surface area contributed by atoms with Crippen LogP contribution in [0.3, 0.4) is 0 Å². The molecule has 2 amide bonds. The first-order valence-electron chi connectivity index (χ1n) is 10.1. The highest BCUT2D eigenvalue weighted by molar-refractivity contribution is 7.11. The number of amides is 2. The van der Waals surface area contributed by atoms with Gasteiger partial charge in [0.1, 0.15) is 6.61 Å². The number of benzene rings is 1. The Bertz CT molecular complexity index is 775. The Kier molecular flexibility index (Phi) is 9.35. The Balaban J connectivity index is 2.17. The van der Waals surface area contributed by atoms with Gasteiger partial charge in [-0.05, 0) is 30.5 Å². The molecule has 0 saturated heterocycles. The number of carbonyl (C=O) groups excluding carboxylic acids is 2. The topological polar surface area (TPSA) is 49.9 Å². The second-order valence-corrected chi connectivity index (χ2v) is 8.84. The van der Waals surface area contributed by atoms with Gasteiger partial charge in [-0.15, -0.1) is 11.3 Å². The van der Waals surface area contributed by atoms with E-state index in [4.69, 9.17) is 4.74 Å². The molecule has 0 spiro atoms. The minimum absolute atomic E-state index is 0.00742. The predicted molar refractivity (Wildman–Crippen MR) is 118 cm³/mol. The zero-order valence-corrected chi connectivity index (χ0v) is 18.7. The van der Waals surface area contributed by atoms with Crippen LogP contribution in [-0.4, -0.2) is 48.4 Å². The number of rotatable bonds is 11. The van der Waals surface area contributed by atoms with E-state index < -0.39 is 0 Å². The summed E-state index contributed by atoms with van der Waals surface area (Å²) in [7, 11) is 1.50. The van der Waals surface area contributed by atoms with E-state index in [-0.39, 0.29) is 25.0 Å². The molecule has 6 heteroatoms. The molecule has 29 heavy (non-hydrogen) atoms.